The molecule has 152 valence electrons. The van der Waals surface area contributed by atoms with Crippen molar-refractivity contribution in [2.75, 3.05) is 5.43 Å². The van der Waals surface area contributed by atoms with Crippen molar-refractivity contribution in [1.82, 2.24) is 18.7 Å². The van der Waals surface area contributed by atoms with E-state index in [4.69, 9.17) is 0 Å². The number of imidazole rings is 1. The van der Waals surface area contributed by atoms with Gasteiger partial charge in [-0.05, 0) is 35.4 Å². The van der Waals surface area contributed by atoms with Gasteiger partial charge in [-0.2, -0.15) is 10.1 Å². The summed E-state index contributed by atoms with van der Waals surface area (Å²) in [5.41, 5.74) is 4.34. The van der Waals surface area contributed by atoms with Gasteiger partial charge in [0.25, 0.3) is 5.56 Å². The van der Waals surface area contributed by atoms with Crippen LogP contribution in [0.1, 0.15) is 11.1 Å². The molecule has 0 spiro atoms. The molecule has 0 amide bonds. The molecule has 0 saturated carbocycles. The van der Waals surface area contributed by atoms with Crippen LogP contribution in [0.15, 0.2) is 69.3 Å². The monoisotopic (exact) mass is 404 g/mol. The second kappa shape index (κ2) is 7.70. The maximum atomic E-state index is 12.9. The van der Waals surface area contributed by atoms with Crippen molar-refractivity contribution in [3.05, 3.63) is 86.6 Å². The number of anilines is 1. The quantitative estimate of drug-likeness (QED) is 0.388. The van der Waals surface area contributed by atoms with Gasteiger partial charge in [0, 0.05) is 14.1 Å². The van der Waals surface area contributed by atoms with E-state index in [1.54, 1.807) is 42.1 Å². The third kappa shape index (κ3) is 3.48. The van der Waals surface area contributed by atoms with Crippen molar-refractivity contribution >= 4 is 23.3 Å². The average molecular weight is 404 g/mol. The minimum Gasteiger partial charge on any atom is -0.508 e. The number of phenols is 1. The summed E-state index contributed by atoms with van der Waals surface area (Å²) in [7, 11) is 3.02. The van der Waals surface area contributed by atoms with Gasteiger partial charge < -0.3 is 5.11 Å². The summed E-state index contributed by atoms with van der Waals surface area (Å²) in [5, 5.41) is 13.6. The molecule has 0 bridgehead atoms. The molecule has 4 rings (SSSR count). The molecular formula is C21H20N6O3. The Labute approximate surface area is 171 Å². The highest BCUT2D eigenvalue weighted by Crippen LogP contribution is 2.18. The molecule has 9 heteroatoms. The van der Waals surface area contributed by atoms with Crippen molar-refractivity contribution in [2.45, 2.75) is 6.54 Å². The molecule has 0 aliphatic carbocycles. The molecule has 2 heterocycles. The van der Waals surface area contributed by atoms with Gasteiger partial charge >= 0.3 is 5.69 Å². The highest BCUT2D eigenvalue weighted by molar-refractivity contribution is 5.80. The highest BCUT2D eigenvalue weighted by Gasteiger charge is 2.19. The number of hydrogen-bond acceptors (Lipinski definition) is 6. The van der Waals surface area contributed by atoms with E-state index in [1.165, 1.54) is 11.6 Å². The number of nitrogens with zero attached hydrogens (tertiary/aromatic N) is 5. The molecule has 2 N–H and O–H groups in total. The second-order valence-electron chi connectivity index (χ2n) is 6.85. The van der Waals surface area contributed by atoms with E-state index in [2.05, 4.69) is 15.5 Å². The molecule has 0 atom stereocenters. The standard InChI is InChI=1S/C21H20N6O3/c1-25-18-17(19(29)26(2)21(25)30)27(13-15-6-4-3-5-7-15)20(23-18)24-22-12-14-8-10-16(28)11-9-14/h3-12,28H,13H2,1-2H3,(H,23,24). The number of aromatic nitrogens is 4. The SMILES string of the molecule is Cn1c(=O)c2c(nc(NN=Cc3ccc(O)cc3)n2Cc2ccccc2)n(C)c1=O. The summed E-state index contributed by atoms with van der Waals surface area (Å²) < 4.78 is 4.11. The van der Waals surface area contributed by atoms with Gasteiger partial charge in [0.05, 0.1) is 12.8 Å². The van der Waals surface area contributed by atoms with Gasteiger partial charge in [-0.25, -0.2) is 10.2 Å². The average Bonchev–Trinajstić information content (AvgIpc) is 3.11. The Bertz CT molecular complexity index is 1350. The third-order valence-corrected chi connectivity index (χ3v) is 4.80. The molecule has 0 aliphatic heterocycles. The smallest absolute Gasteiger partial charge is 0.332 e. The fraction of sp³-hybridized carbons (Fsp3) is 0.143. The molecule has 2 aromatic carbocycles. The van der Waals surface area contributed by atoms with Crippen molar-refractivity contribution in [2.24, 2.45) is 19.2 Å². The lowest BCUT2D eigenvalue weighted by atomic mass is 10.2. The zero-order valence-electron chi connectivity index (χ0n) is 16.5. The largest absolute Gasteiger partial charge is 0.508 e. The Kier molecular flexibility index (Phi) is 4.93. The van der Waals surface area contributed by atoms with E-state index < -0.39 is 11.2 Å². The zero-order valence-corrected chi connectivity index (χ0v) is 16.5. The fourth-order valence-corrected chi connectivity index (χ4v) is 3.18. The highest BCUT2D eigenvalue weighted by atomic mass is 16.3. The summed E-state index contributed by atoms with van der Waals surface area (Å²) >= 11 is 0. The second-order valence-corrected chi connectivity index (χ2v) is 6.85. The molecule has 0 unspecified atom stereocenters. The maximum absolute atomic E-state index is 12.9. The van der Waals surface area contributed by atoms with E-state index in [0.29, 0.717) is 18.0 Å². The number of nitrogens with one attached hydrogen (secondary N) is 1. The number of hydrazone groups is 1. The third-order valence-electron chi connectivity index (χ3n) is 4.80. The zero-order chi connectivity index (χ0) is 21.3. The number of fused-ring (bicyclic) bond motifs is 1. The normalized spacial score (nSPS) is 11.4. The van der Waals surface area contributed by atoms with Gasteiger partial charge in [0.15, 0.2) is 11.2 Å². The predicted molar refractivity (Wildman–Crippen MR) is 115 cm³/mol. The summed E-state index contributed by atoms with van der Waals surface area (Å²) in [6, 6.07) is 16.2. The minimum atomic E-state index is -0.448. The van der Waals surface area contributed by atoms with Crippen LogP contribution in [0, 0.1) is 0 Å². The molecule has 0 aliphatic rings. The number of hydrogen-bond donors (Lipinski definition) is 2. The van der Waals surface area contributed by atoms with Crippen LogP contribution in [0.5, 0.6) is 5.75 Å². The van der Waals surface area contributed by atoms with Crippen molar-refractivity contribution in [3.8, 4) is 5.75 Å². The molecule has 9 nitrogen and oxygen atoms in total. The van der Waals surface area contributed by atoms with Crippen LogP contribution in [0.2, 0.25) is 0 Å². The fourth-order valence-electron chi connectivity index (χ4n) is 3.18. The summed E-state index contributed by atoms with van der Waals surface area (Å²) in [5.74, 6) is 0.503. The Morgan fingerprint density at radius 3 is 2.43 bits per heavy atom. The first-order valence-corrected chi connectivity index (χ1v) is 9.24. The minimum absolute atomic E-state index is 0.168. The van der Waals surface area contributed by atoms with Crippen LogP contribution in [0.25, 0.3) is 11.2 Å². The number of rotatable bonds is 5. The Morgan fingerprint density at radius 2 is 1.73 bits per heavy atom. The Balaban J connectivity index is 1.81. The van der Waals surface area contributed by atoms with Crippen LogP contribution in [-0.4, -0.2) is 30.0 Å². The topological polar surface area (TPSA) is 106 Å². The summed E-state index contributed by atoms with van der Waals surface area (Å²) in [6.45, 7) is 0.377. The predicted octanol–water partition coefficient (Wildman–Crippen LogP) is 1.63. The van der Waals surface area contributed by atoms with E-state index in [-0.39, 0.29) is 11.4 Å². The van der Waals surface area contributed by atoms with Crippen LogP contribution >= 0.6 is 0 Å². The van der Waals surface area contributed by atoms with Crippen LogP contribution in [-0.2, 0) is 20.6 Å². The number of aromatic hydroxyl groups is 1. The molecule has 0 saturated heterocycles. The molecule has 4 aromatic rings. The van der Waals surface area contributed by atoms with Crippen LogP contribution in [0.4, 0.5) is 5.95 Å². The van der Waals surface area contributed by atoms with Crippen LogP contribution < -0.4 is 16.7 Å². The first kappa shape index (κ1) is 19.2. The van der Waals surface area contributed by atoms with Gasteiger partial charge in [0.2, 0.25) is 5.95 Å². The Morgan fingerprint density at radius 1 is 1.03 bits per heavy atom. The summed E-state index contributed by atoms with van der Waals surface area (Å²) in [6.07, 6.45) is 1.57. The van der Waals surface area contributed by atoms with Gasteiger partial charge in [-0.3, -0.25) is 18.5 Å². The number of benzene rings is 2. The van der Waals surface area contributed by atoms with Gasteiger partial charge in [0.1, 0.15) is 5.75 Å². The lowest BCUT2D eigenvalue weighted by Gasteiger charge is -2.09. The van der Waals surface area contributed by atoms with E-state index >= 15 is 0 Å². The molecule has 0 radical (unpaired) electrons. The molecule has 0 fully saturated rings. The van der Waals surface area contributed by atoms with Gasteiger partial charge in [-0.15, -0.1) is 0 Å². The van der Waals surface area contributed by atoms with E-state index in [9.17, 15) is 14.7 Å². The van der Waals surface area contributed by atoms with E-state index in [0.717, 1.165) is 15.7 Å². The Hall–Kier alpha value is -4.14. The van der Waals surface area contributed by atoms with Crippen molar-refractivity contribution in [1.29, 1.82) is 0 Å². The van der Waals surface area contributed by atoms with Crippen molar-refractivity contribution < 1.29 is 5.11 Å². The van der Waals surface area contributed by atoms with E-state index in [1.807, 2.05) is 30.3 Å². The summed E-state index contributed by atoms with van der Waals surface area (Å²) in [4.78, 5) is 29.6. The van der Waals surface area contributed by atoms with Gasteiger partial charge in [-0.1, -0.05) is 30.3 Å². The number of phenolic OH excluding ortho intramolecular Hbond substituents is 1. The first-order valence-electron chi connectivity index (χ1n) is 9.24. The molecule has 30 heavy (non-hydrogen) atoms. The molecular weight excluding hydrogens is 384 g/mol. The maximum Gasteiger partial charge on any atom is 0.332 e. The van der Waals surface area contributed by atoms with Crippen LogP contribution in [0.3, 0.4) is 0 Å². The lowest BCUT2D eigenvalue weighted by Crippen LogP contribution is -2.37. The lowest BCUT2D eigenvalue weighted by molar-refractivity contribution is 0.475. The van der Waals surface area contributed by atoms with Crippen molar-refractivity contribution in [3.63, 3.8) is 0 Å². The first-order chi connectivity index (χ1) is 14.5. The number of aryl methyl sites for hydroxylation is 1. The molecule has 2 aromatic heterocycles.